The molecular formula is C20H18ClFN2O3S. The molecule has 2 heterocycles. The summed E-state index contributed by atoms with van der Waals surface area (Å²) >= 11 is 7.73. The van der Waals surface area contributed by atoms with Gasteiger partial charge in [-0.1, -0.05) is 24.2 Å². The molecule has 0 radical (unpaired) electrons. The van der Waals surface area contributed by atoms with Gasteiger partial charge in [-0.25, -0.2) is 14.2 Å². The van der Waals surface area contributed by atoms with E-state index in [0.29, 0.717) is 32.6 Å². The molecule has 0 unspecified atom stereocenters. The number of halogens is 2. The zero-order valence-electron chi connectivity index (χ0n) is 15.5. The number of aryl methyl sites for hydroxylation is 2. The zero-order valence-corrected chi connectivity index (χ0v) is 17.0. The number of nitrogens with zero attached hydrogens (tertiary/aromatic N) is 1. The van der Waals surface area contributed by atoms with Crippen LogP contribution in [-0.2, 0) is 9.53 Å². The SMILES string of the molecule is C=C(C)O[C@H](C(=O)O)c1c(C)nc2sc(C)cc2c1-c1ccc(N)c(F)c1Cl. The topological polar surface area (TPSA) is 85.4 Å². The molecule has 28 heavy (non-hydrogen) atoms. The van der Waals surface area contributed by atoms with Crippen molar-refractivity contribution in [1.82, 2.24) is 4.98 Å². The lowest BCUT2D eigenvalue weighted by atomic mass is 9.92. The quantitative estimate of drug-likeness (QED) is 0.412. The van der Waals surface area contributed by atoms with Crippen LogP contribution in [0.2, 0.25) is 5.02 Å². The first-order valence-electron chi connectivity index (χ1n) is 8.31. The summed E-state index contributed by atoms with van der Waals surface area (Å²) in [6.45, 7) is 8.79. The Morgan fingerprint density at radius 3 is 2.71 bits per heavy atom. The summed E-state index contributed by atoms with van der Waals surface area (Å²) in [6.07, 6.45) is -1.37. The smallest absolute Gasteiger partial charge is 0.349 e. The van der Waals surface area contributed by atoms with E-state index in [1.54, 1.807) is 19.9 Å². The Labute approximate surface area is 170 Å². The maximum Gasteiger partial charge on any atom is 0.349 e. The molecule has 5 nitrogen and oxygen atoms in total. The van der Waals surface area contributed by atoms with Crippen LogP contribution in [-0.4, -0.2) is 16.1 Å². The van der Waals surface area contributed by atoms with E-state index in [-0.39, 0.29) is 16.5 Å². The van der Waals surface area contributed by atoms with Crippen LogP contribution in [0, 0.1) is 19.7 Å². The summed E-state index contributed by atoms with van der Waals surface area (Å²) < 4.78 is 20.0. The van der Waals surface area contributed by atoms with E-state index >= 15 is 0 Å². The van der Waals surface area contributed by atoms with Gasteiger partial charge in [0, 0.05) is 32.6 Å². The molecule has 0 saturated carbocycles. The van der Waals surface area contributed by atoms with Crippen LogP contribution >= 0.6 is 22.9 Å². The monoisotopic (exact) mass is 420 g/mol. The molecule has 146 valence electrons. The largest absolute Gasteiger partial charge is 0.479 e. The van der Waals surface area contributed by atoms with Gasteiger partial charge in [-0.05, 0) is 32.9 Å². The molecule has 0 aliphatic rings. The Bertz CT molecular complexity index is 1130. The number of carboxylic acids is 1. The summed E-state index contributed by atoms with van der Waals surface area (Å²) in [5, 5.41) is 10.3. The fraction of sp³-hybridized carbons (Fsp3) is 0.200. The van der Waals surface area contributed by atoms with Gasteiger partial charge in [0.05, 0.1) is 16.5 Å². The van der Waals surface area contributed by atoms with Crippen LogP contribution in [0.1, 0.15) is 29.2 Å². The van der Waals surface area contributed by atoms with Crippen LogP contribution in [0.15, 0.2) is 30.5 Å². The van der Waals surface area contributed by atoms with Gasteiger partial charge in [0.2, 0.25) is 6.10 Å². The van der Waals surface area contributed by atoms with Gasteiger partial charge in [0.15, 0.2) is 5.82 Å². The van der Waals surface area contributed by atoms with Crippen molar-refractivity contribution in [2.75, 3.05) is 5.73 Å². The minimum absolute atomic E-state index is 0.0909. The second-order valence-corrected chi connectivity index (χ2v) is 8.04. The number of pyridine rings is 1. The molecule has 0 bridgehead atoms. The van der Waals surface area contributed by atoms with Crippen molar-refractivity contribution in [3.63, 3.8) is 0 Å². The average Bonchev–Trinajstić information content (AvgIpc) is 2.97. The number of nitrogen functional groups attached to an aromatic ring is 1. The third kappa shape index (κ3) is 3.43. The van der Waals surface area contributed by atoms with Crippen molar-refractivity contribution < 1.29 is 19.0 Å². The van der Waals surface area contributed by atoms with E-state index in [9.17, 15) is 14.3 Å². The Kier molecular flexibility index (Phi) is 5.32. The number of allylic oxidation sites excluding steroid dienone is 1. The minimum atomic E-state index is -1.37. The highest BCUT2D eigenvalue weighted by Crippen LogP contribution is 2.44. The van der Waals surface area contributed by atoms with Crippen LogP contribution < -0.4 is 5.73 Å². The second-order valence-electron chi connectivity index (χ2n) is 6.43. The minimum Gasteiger partial charge on any atom is -0.479 e. The van der Waals surface area contributed by atoms with E-state index in [2.05, 4.69) is 11.6 Å². The maximum atomic E-state index is 14.5. The molecule has 0 aliphatic carbocycles. The zero-order chi connectivity index (χ0) is 20.7. The van der Waals surface area contributed by atoms with Gasteiger partial charge in [-0.15, -0.1) is 11.3 Å². The number of hydrogen-bond donors (Lipinski definition) is 2. The number of carboxylic acid groups (broad SMARTS) is 1. The van der Waals surface area contributed by atoms with E-state index in [1.807, 2.05) is 13.0 Å². The number of aliphatic carboxylic acids is 1. The average molecular weight is 421 g/mol. The number of benzene rings is 1. The molecule has 0 saturated heterocycles. The van der Waals surface area contributed by atoms with Gasteiger partial charge in [0.1, 0.15) is 4.83 Å². The summed E-state index contributed by atoms with van der Waals surface area (Å²) in [5.74, 6) is -1.74. The van der Waals surface area contributed by atoms with E-state index in [4.69, 9.17) is 22.1 Å². The molecule has 1 atom stereocenters. The Morgan fingerprint density at radius 1 is 1.43 bits per heavy atom. The van der Waals surface area contributed by atoms with Gasteiger partial charge in [0.25, 0.3) is 0 Å². The molecule has 1 aromatic carbocycles. The van der Waals surface area contributed by atoms with Crippen molar-refractivity contribution >= 4 is 44.8 Å². The number of aromatic nitrogens is 1. The van der Waals surface area contributed by atoms with Crippen LogP contribution in [0.4, 0.5) is 10.1 Å². The van der Waals surface area contributed by atoms with Crippen molar-refractivity contribution in [3.05, 3.63) is 57.5 Å². The first kappa shape index (κ1) is 20.1. The van der Waals surface area contributed by atoms with Crippen molar-refractivity contribution in [3.8, 4) is 11.1 Å². The highest BCUT2D eigenvalue weighted by Gasteiger charge is 2.31. The summed E-state index contributed by atoms with van der Waals surface area (Å²) in [6, 6.07) is 4.84. The van der Waals surface area contributed by atoms with Gasteiger partial charge in [-0.2, -0.15) is 0 Å². The van der Waals surface area contributed by atoms with Crippen LogP contribution in [0.5, 0.6) is 0 Å². The maximum absolute atomic E-state index is 14.5. The number of hydrogen-bond acceptors (Lipinski definition) is 5. The highest BCUT2D eigenvalue weighted by atomic mass is 35.5. The van der Waals surface area contributed by atoms with Crippen LogP contribution in [0.25, 0.3) is 21.3 Å². The third-order valence-corrected chi connectivity index (χ3v) is 5.53. The van der Waals surface area contributed by atoms with Gasteiger partial charge >= 0.3 is 5.97 Å². The number of rotatable bonds is 5. The lowest BCUT2D eigenvalue weighted by molar-refractivity contribution is -0.148. The Balaban J connectivity index is 2.47. The van der Waals surface area contributed by atoms with Crippen molar-refractivity contribution in [2.24, 2.45) is 0 Å². The lowest BCUT2D eigenvalue weighted by Gasteiger charge is -2.22. The van der Waals surface area contributed by atoms with Crippen molar-refractivity contribution in [1.29, 1.82) is 0 Å². The molecule has 8 heteroatoms. The summed E-state index contributed by atoms with van der Waals surface area (Å²) in [5.41, 5.74) is 7.07. The molecule has 2 aromatic heterocycles. The van der Waals surface area contributed by atoms with E-state index in [1.165, 1.54) is 17.4 Å². The fourth-order valence-corrected chi connectivity index (χ4v) is 4.31. The predicted molar refractivity (Wildman–Crippen MR) is 110 cm³/mol. The normalized spacial score (nSPS) is 12.2. The molecule has 3 rings (SSSR count). The molecule has 0 fully saturated rings. The fourth-order valence-electron chi connectivity index (χ4n) is 3.11. The molecule has 0 spiro atoms. The summed E-state index contributed by atoms with van der Waals surface area (Å²) in [4.78, 5) is 18.2. The first-order chi connectivity index (χ1) is 13.1. The van der Waals surface area contributed by atoms with E-state index < -0.39 is 17.9 Å². The number of thiophene rings is 1. The summed E-state index contributed by atoms with van der Waals surface area (Å²) in [7, 11) is 0. The van der Waals surface area contributed by atoms with Gasteiger partial charge < -0.3 is 15.6 Å². The van der Waals surface area contributed by atoms with Crippen molar-refractivity contribution in [2.45, 2.75) is 26.9 Å². The van der Waals surface area contributed by atoms with Crippen LogP contribution in [0.3, 0.4) is 0 Å². The second kappa shape index (κ2) is 7.41. The number of nitrogens with two attached hydrogens (primary N) is 1. The molecular weight excluding hydrogens is 403 g/mol. The number of carbonyl (C=O) groups is 1. The number of fused-ring (bicyclic) bond motifs is 1. The van der Waals surface area contributed by atoms with Gasteiger partial charge in [-0.3, -0.25) is 0 Å². The number of ether oxygens (including phenoxy) is 1. The standard InChI is InChI=1S/C20H18ClFN2O3S/c1-8(2)27-18(20(25)26)14-10(4)24-19-12(7-9(3)28-19)15(14)11-5-6-13(23)17(22)16(11)21/h5-7,18H,1,23H2,2-4H3,(H,25,26)/t18-/m0/s1. The molecule has 0 aliphatic heterocycles. The predicted octanol–water partition coefficient (Wildman–Crippen LogP) is 5.63. The van der Waals surface area contributed by atoms with E-state index in [0.717, 1.165) is 4.88 Å². The first-order valence-corrected chi connectivity index (χ1v) is 9.50. The molecule has 3 aromatic rings. The third-order valence-electron chi connectivity index (χ3n) is 4.22. The highest BCUT2D eigenvalue weighted by molar-refractivity contribution is 7.18. The lowest BCUT2D eigenvalue weighted by Crippen LogP contribution is -2.17. The Morgan fingerprint density at radius 2 is 2.11 bits per heavy atom. The molecule has 3 N–H and O–H groups in total. The number of anilines is 1. The Hall–Kier alpha value is -2.64. The molecule has 0 amide bonds.